The van der Waals surface area contributed by atoms with E-state index >= 15 is 0 Å². The average molecular weight is 274 g/mol. The van der Waals surface area contributed by atoms with E-state index in [4.69, 9.17) is 4.74 Å². The lowest BCUT2D eigenvalue weighted by molar-refractivity contribution is 0.0998. The predicted octanol–water partition coefficient (Wildman–Crippen LogP) is 2.34. The summed E-state index contributed by atoms with van der Waals surface area (Å²) in [5.74, 6) is 0. The molecule has 108 valence electrons. The van der Waals surface area contributed by atoms with Crippen LogP contribution < -0.4 is 5.32 Å². The molecule has 2 aromatic rings. The molecule has 1 N–H and O–H groups in total. The summed E-state index contributed by atoms with van der Waals surface area (Å²) in [5.41, 5.74) is 2.08. The molecule has 0 aliphatic carbocycles. The number of nitrogens with one attached hydrogen (secondary N) is 1. The molecular formula is C15H22N4O. The minimum atomic E-state index is 0.171. The third kappa shape index (κ3) is 3.43. The zero-order valence-corrected chi connectivity index (χ0v) is 12.3. The van der Waals surface area contributed by atoms with Gasteiger partial charge in [-0.15, -0.1) is 5.10 Å². The van der Waals surface area contributed by atoms with E-state index in [9.17, 15) is 0 Å². The van der Waals surface area contributed by atoms with Crippen molar-refractivity contribution < 1.29 is 4.74 Å². The molecule has 0 saturated heterocycles. The second-order valence-electron chi connectivity index (χ2n) is 4.80. The molecule has 20 heavy (non-hydrogen) atoms. The number of nitrogens with zero attached hydrogens (tertiary/aromatic N) is 3. The van der Waals surface area contributed by atoms with Crippen LogP contribution in [0.2, 0.25) is 0 Å². The summed E-state index contributed by atoms with van der Waals surface area (Å²) < 4.78 is 7.27. The minimum Gasteiger partial charge on any atom is -0.382 e. The molecule has 1 heterocycles. The zero-order chi connectivity index (χ0) is 14.4. The molecule has 0 radical (unpaired) electrons. The molecule has 0 bridgehead atoms. The smallest absolute Gasteiger partial charge is 0.0816 e. The van der Waals surface area contributed by atoms with Gasteiger partial charge in [-0.05, 0) is 32.0 Å². The monoisotopic (exact) mass is 274 g/mol. The van der Waals surface area contributed by atoms with Gasteiger partial charge in [-0.1, -0.05) is 30.3 Å². The maximum Gasteiger partial charge on any atom is 0.0816 e. The summed E-state index contributed by atoms with van der Waals surface area (Å²) in [6.07, 6.45) is 2.88. The molecule has 2 atom stereocenters. The number of aromatic nitrogens is 3. The Labute approximate surface area is 120 Å². The molecule has 0 spiro atoms. The van der Waals surface area contributed by atoms with E-state index < -0.39 is 0 Å². The van der Waals surface area contributed by atoms with E-state index in [0.717, 1.165) is 24.3 Å². The van der Waals surface area contributed by atoms with Crippen molar-refractivity contribution in [1.29, 1.82) is 0 Å². The zero-order valence-electron chi connectivity index (χ0n) is 12.3. The first-order chi connectivity index (χ1) is 9.76. The number of rotatable bonds is 7. The Balaban J connectivity index is 2.28. The molecular weight excluding hydrogens is 252 g/mol. The van der Waals surface area contributed by atoms with E-state index in [0.29, 0.717) is 0 Å². The fourth-order valence-electron chi connectivity index (χ4n) is 2.23. The van der Waals surface area contributed by atoms with Crippen LogP contribution in [0.25, 0.3) is 5.69 Å². The summed E-state index contributed by atoms with van der Waals surface area (Å²) in [7, 11) is 1.74. The van der Waals surface area contributed by atoms with Crippen molar-refractivity contribution in [1.82, 2.24) is 20.3 Å². The highest BCUT2D eigenvalue weighted by molar-refractivity contribution is 5.32. The van der Waals surface area contributed by atoms with Crippen molar-refractivity contribution in [3.63, 3.8) is 0 Å². The Hall–Kier alpha value is -1.72. The molecule has 5 heteroatoms. The SMILES string of the molecule is CCNC(CC(C)OC)c1cnnn1-c1ccccc1. The maximum absolute atomic E-state index is 5.38. The topological polar surface area (TPSA) is 52.0 Å². The van der Waals surface area contributed by atoms with Crippen LogP contribution in [0.3, 0.4) is 0 Å². The van der Waals surface area contributed by atoms with Gasteiger partial charge in [-0.2, -0.15) is 0 Å². The van der Waals surface area contributed by atoms with Crippen molar-refractivity contribution >= 4 is 0 Å². The summed E-state index contributed by atoms with van der Waals surface area (Å²) in [6.45, 7) is 5.06. The van der Waals surface area contributed by atoms with Gasteiger partial charge >= 0.3 is 0 Å². The number of hydrogen-bond acceptors (Lipinski definition) is 4. The molecule has 2 unspecified atom stereocenters. The Bertz CT molecular complexity index is 512. The van der Waals surface area contributed by atoms with Gasteiger partial charge in [-0.3, -0.25) is 0 Å². The minimum absolute atomic E-state index is 0.171. The van der Waals surface area contributed by atoms with E-state index in [-0.39, 0.29) is 12.1 Å². The lowest BCUT2D eigenvalue weighted by Gasteiger charge is -2.21. The standard InChI is InChI=1S/C15H22N4O/c1-4-16-14(10-12(2)20-3)15-11-17-18-19(15)13-8-6-5-7-9-13/h5-9,11-12,14,16H,4,10H2,1-3H3. The first-order valence-electron chi connectivity index (χ1n) is 6.98. The summed E-state index contributed by atoms with van der Waals surface area (Å²) in [4.78, 5) is 0. The average Bonchev–Trinajstić information content (AvgIpc) is 2.97. The molecule has 1 aromatic heterocycles. The van der Waals surface area contributed by atoms with Gasteiger partial charge in [-0.25, -0.2) is 4.68 Å². The fraction of sp³-hybridized carbons (Fsp3) is 0.467. The molecule has 1 aromatic carbocycles. The molecule has 0 amide bonds. The van der Waals surface area contributed by atoms with Crippen molar-refractivity contribution in [2.75, 3.05) is 13.7 Å². The molecule has 2 rings (SSSR count). The fourth-order valence-corrected chi connectivity index (χ4v) is 2.23. The van der Waals surface area contributed by atoms with Crippen molar-refractivity contribution in [2.45, 2.75) is 32.4 Å². The van der Waals surface area contributed by atoms with Crippen LogP contribution in [0, 0.1) is 0 Å². The van der Waals surface area contributed by atoms with E-state index in [1.807, 2.05) is 41.2 Å². The highest BCUT2D eigenvalue weighted by atomic mass is 16.5. The first kappa shape index (κ1) is 14.7. The second-order valence-corrected chi connectivity index (χ2v) is 4.80. The van der Waals surface area contributed by atoms with Crippen LogP contribution in [0.15, 0.2) is 36.5 Å². The van der Waals surface area contributed by atoms with Crippen LogP contribution in [0.4, 0.5) is 0 Å². The lowest BCUT2D eigenvalue weighted by atomic mass is 10.1. The molecule has 0 fully saturated rings. The number of methoxy groups -OCH3 is 1. The van der Waals surface area contributed by atoms with Crippen LogP contribution >= 0.6 is 0 Å². The van der Waals surface area contributed by atoms with Gasteiger partial charge in [0.15, 0.2) is 0 Å². The highest BCUT2D eigenvalue weighted by Crippen LogP contribution is 2.21. The predicted molar refractivity (Wildman–Crippen MR) is 78.9 cm³/mol. The first-order valence-corrected chi connectivity index (χ1v) is 6.98. The van der Waals surface area contributed by atoms with Crippen LogP contribution in [-0.2, 0) is 4.74 Å². The summed E-state index contributed by atoms with van der Waals surface area (Å²) in [5, 5.41) is 11.8. The van der Waals surface area contributed by atoms with Crippen molar-refractivity contribution in [3.8, 4) is 5.69 Å². The van der Waals surface area contributed by atoms with Crippen LogP contribution in [0.5, 0.6) is 0 Å². The molecule has 0 aliphatic rings. The van der Waals surface area contributed by atoms with Crippen LogP contribution in [-0.4, -0.2) is 34.8 Å². The van der Waals surface area contributed by atoms with Crippen LogP contribution in [0.1, 0.15) is 32.0 Å². The molecule has 0 aliphatic heterocycles. The number of para-hydroxylation sites is 1. The normalized spacial score (nSPS) is 14.2. The highest BCUT2D eigenvalue weighted by Gasteiger charge is 2.19. The van der Waals surface area contributed by atoms with Gasteiger partial charge in [0, 0.05) is 7.11 Å². The number of hydrogen-bond donors (Lipinski definition) is 1. The number of benzene rings is 1. The lowest BCUT2D eigenvalue weighted by Crippen LogP contribution is -2.27. The van der Waals surface area contributed by atoms with Crippen molar-refractivity contribution in [3.05, 3.63) is 42.2 Å². The summed E-state index contributed by atoms with van der Waals surface area (Å²) >= 11 is 0. The van der Waals surface area contributed by atoms with Gasteiger partial charge in [0.1, 0.15) is 0 Å². The van der Waals surface area contributed by atoms with Crippen molar-refractivity contribution in [2.24, 2.45) is 0 Å². The Kier molecular flexibility index (Phi) is 5.26. The quantitative estimate of drug-likeness (QED) is 0.842. The van der Waals surface area contributed by atoms with E-state index in [1.54, 1.807) is 7.11 Å². The Morgan fingerprint density at radius 2 is 2.05 bits per heavy atom. The summed E-state index contributed by atoms with van der Waals surface area (Å²) in [6, 6.07) is 10.2. The number of ether oxygens (including phenoxy) is 1. The van der Waals surface area contributed by atoms with E-state index in [2.05, 4.69) is 29.5 Å². The maximum atomic E-state index is 5.38. The van der Waals surface area contributed by atoms with E-state index in [1.165, 1.54) is 0 Å². The Morgan fingerprint density at radius 1 is 1.30 bits per heavy atom. The third-order valence-corrected chi connectivity index (χ3v) is 3.35. The third-order valence-electron chi connectivity index (χ3n) is 3.35. The molecule has 0 saturated carbocycles. The van der Waals surface area contributed by atoms with Gasteiger partial charge < -0.3 is 10.1 Å². The Morgan fingerprint density at radius 3 is 2.70 bits per heavy atom. The van der Waals surface area contributed by atoms with Gasteiger partial charge in [0.25, 0.3) is 0 Å². The molecule has 5 nitrogen and oxygen atoms in total. The largest absolute Gasteiger partial charge is 0.382 e. The second kappa shape index (κ2) is 7.17. The van der Waals surface area contributed by atoms with Gasteiger partial charge in [0.2, 0.25) is 0 Å². The van der Waals surface area contributed by atoms with Gasteiger partial charge in [0.05, 0.1) is 29.7 Å².